The molecule has 1 heterocycles. The predicted octanol–water partition coefficient (Wildman–Crippen LogP) is 4.58. The Morgan fingerprint density at radius 1 is 1.12 bits per heavy atom. The van der Waals surface area contributed by atoms with Gasteiger partial charge < -0.3 is 4.42 Å². The molecule has 2 aromatic rings. The topological polar surface area (TPSA) is 13.1 Å². The first-order valence-electron chi connectivity index (χ1n) is 5.40. The van der Waals surface area contributed by atoms with Crippen LogP contribution in [0.4, 0.5) is 0 Å². The Morgan fingerprint density at radius 3 is 2.38 bits per heavy atom. The maximum atomic E-state index is 5.31. The molecule has 2 rings (SSSR count). The number of hydrogen-bond acceptors (Lipinski definition) is 1. The number of halogens is 1. The highest BCUT2D eigenvalue weighted by atomic mass is 79.9. The molecule has 16 heavy (non-hydrogen) atoms. The summed E-state index contributed by atoms with van der Waals surface area (Å²) in [5.41, 5.74) is 3.88. The zero-order valence-corrected chi connectivity index (χ0v) is 11.1. The second kappa shape index (κ2) is 4.88. The molecule has 0 amide bonds. The summed E-state index contributed by atoms with van der Waals surface area (Å²) in [5.74, 6) is 0.994. The van der Waals surface area contributed by atoms with Crippen molar-refractivity contribution in [2.75, 3.05) is 0 Å². The van der Waals surface area contributed by atoms with Crippen molar-refractivity contribution in [1.82, 2.24) is 0 Å². The molecule has 1 unspecified atom stereocenters. The van der Waals surface area contributed by atoms with E-state index >= 15 is 0 Å². The second-order valence-corrected chi connectivity index (χ2v) is 5.19. The number of hydrogen-bond donors (Lipinski definition) is 0. The predicted molar refractivity (Wildman–Crippen MR) is 70.0 cm³/mol. The van der Waals surface area contributed by atoms with Crippen molar-refractivity contribution in [3.05, 3.63) is 59.0 Å². The molecular formula is C14H15BrO. The summed E-state index contributed by atoms with van der Waals surface area (Å²) in [6.45, 7) is 4.11. The van der Waals surface area contributed by atoms with Gasteiger partial charge in [0.1, 0.15) is 5.76 Å². The minimum Gasteiger partial charge on any atom is -0.469 e. The second-order valence-electron chi connectivity index (χ2n) is 4.09. The van der Waals surface area contributed by atoms with Crippen LogP contribution in [0.1, 0.15) is 27.3 Å². The van der Waals surface area contributed by atoms with Gasteiger partial charge in [0.2, 0.25) is 0 Å². The van der Waals surface area contributed by atoms with E-state index in [-0.39, 0.29) is 0 Å². The Hall–Kier alpha value is -1.02. The van der Waals surface area contributed by atoms with Crippen LogP contribution in [0.2, 0.25) is 0 Å². The van der Waals surface area contributed by atoms with E-state index in [0.29, 0.717) is 4.83 Å². The van der Waals surface area contributed by atoms with Crippen molar-refractivity contribution in [2.45, 2.75) is 25.1 Å². The lowest BCUT2D eigenvalue weighted by Crippen LogP contribution is -1.95. The normalized spacial score (nSPS) is 12.7. The van der Waals surface area contributed by atoms with Gasteiger partial charge in [-0.05, 0) is 31.9 Å². The molecule has 0 N–H and O–H groups in total. The van der Waals surface area contributed by atoms with Crippen LogP contribution in [0.25, 0.3) is 0 Å². The number of alkyl halides is 1. The van der Waals surface area contributed by atoms with Crippen molar-refractivity contribution in [1.29, 1.82) is 0 Å². The summed E-state index contributed by atoms with van der Waals surface area (Å²) < 4.78 is 5.31. The first-order valence-corrected chi connectivity index (χ1v) is 6.32. The summed E-state index contributed by atoms with van der Waals surface area (Å²) in [5, 5.41) is 0. The van der Waals surface area contributed by atoms with Crippen LogP contribution in [-0.2, 0) is 6.42 Å². The highest BCUT2D eigenvalue weighted by Gasteiger charge is 2.12. The van der Waals surface area contributed by atoms with Crippen molar-refractivity contribution in [3.63, 3.8) is 0 Å². The summed E-state index contributed by atoms with van der Waals surface area (Å²) in [6, 6.07) is 10.7. The molecule has 0 spiro atoms. The third kappa shape index (κ3) is 2.56. The fraction of sp³-hybridized carbons (Fsp3) is 0.286. The Balaban J connectivity index is 2.10. The van der Waals surface area contributed by atoms with Crippen LogP contribution < -0.4 is 0 Å². The van der Waals surface area contributed by atoms with E-state index in [1.807, 2.05) is 13.0 Å². The minimum absolute atomic E-state index is 0.328. The zero-order chi connectivity index (χ0) is 11.5. The first kappa shape index (κ1) is 11.5. The van der Waals surface area contributed by atoms with Crippen LogP contribution >= 0.6 is 15.9 Å². The average Bonchev–Trinajstić information content (AvgIpc) is 2.68. The fourth-order valence-corrected chi connectivity index (χ4v) is 2.61. The average molecular weight is 279 g/mol. The van der Waals surface area contributed by atoms with Crippen LogP contribution in [0.5, 0.6) is 0 Å². The molecule has 0 aliphatic rings. The molecule has 0 radical (unpaired) electrons. The first-order chi connectivity index (χ1) is 7.66. The molecule has 0 fully saturated rings. The SMILES string of the molecule is Cc1ccc(CC(Br)c2ccoc2C)cc1. The molecule has 0 bridgehead atoms. The number of aryl methyl sites for hydroxylation is 2. The van der Waals surface area contributed by atoms with Crippen molar-refractivity contribution in [2.24, 2.45) is 0 Å². The molecule has 0 saturated heterocycles. The van der Waals surface area contributed by atoms with E-state index in [2.05, 4.69) is 47.1 Å². The Morgan fingerprint density at radius 2 is 1.81 bits per heavy atom. The highest BCUT2D eigenvalue weighted by molar-refractivity contribution is 9.09. The Kier molecular flexibility index (Phi) is 3.49. The number of furan rings is 1. The summed E-state index contributed by atoms with van der Waals surface area (Å²) >= 11 is 3.71. The van der Waals surface area contributed by atoms with Gasteiger partial charge in [0.25, 0.3) is 0 Å². The Labute approximate surface area is 105 Å². The number of rotatable bonds is 3. The lowest BCUT2D eigenvalue weighted by molar-refractivity contribution is 0.529. The van der Waals surface area contributed by atoms with Crippen molar-refractivity contribution < 1.29 is 4.42 Å². The zero-order valence-electron chi connectivity index (χ0n) is 9.53. The highest BCUT2D eigenvalue weighted by Crippen LogP contribution is 2.30. The third-order valence-electron chi connectivity index (χ3n) is 2.77. The van der Waals surface area contributed by atoms with Gasteiger partial charge in [-0.15, -0.1) is 0 Å². The van der Waals surface area contributed by atoms with E-state index in [1.165, 1.54) is 16.7 Å². The van der Waals surface area contributed by atoms with Gasteiger partial charge in [-0.2, -0.15) is 0 Å². The Bertz CT molecular complexity index is 456. The van der Waals surface area contributed by atoms with Crippen molar-refractivity contribution >= 4 is 15.9 Å². The lowest BCUT2D eigenvalue weighted by atomic mass is 10.0. The van der Waals surface area contributed by atoms with Crippen LogP contribution in [0.3, 0.4) is 0 Å². The minimum atomic E-state index is 0.328. The van der Waals surface area contributed by atoms with Crippen LogP contribution in [0, 0.1) is 13.8 Å². The van der Waals surface area contributed by atoms with Gasteiger partial charge in [-0.1, -0.05) is 45.8 Å². The number of benzene rings is 1. The van der Waals surface area contributed by atoms with Gasteiger partial charge in [-0.3, -0.25) is 0 Å². The smallest absolute Gasteiger partial charge is 0.105 e. The van der Waals surface area contributed by atoms with Gasteiger partial charge >= 0.3 is 0 Å². The lowest BCUT2D eigenvalue weighted by Gasteiger charge is -2.09. The molecular weight excluding hydrogens is 264 g/mol. The van der Waals surface area contributed by atoms with Crippen LogP contribution in [-0.4, -0.2) is 0 Å². The molecule has 2 heteroatoms. The maximum absolute atomic E-state index is 5.31. The van der Waals surface area contributed by atoms with Crippen LogP contribution in [0.15, 0.2) is 41.0 Å². The van der Waals surface area contributed by atoms with Gasteiger partial charge in [0.05, 0.1) is 6.26 Å². The monoisotopic (exact) mass is 278 g/mol. The molecule has 1 nitrogen and oxygen atoms in total. The van der Waals surface area contributed by atoms with E-state index < -0.39 is 0 Å². The molecule has 1 atom stereocenters. The molecule has 0 aliphatic carbocycles. The molecule has 1 aromatic carbocycles. The molecule has 84 valence electrons. The van der Waals surface area contributed by atoms with E-state index in [0.717, 1.165) is 12.2 Å². The third-order valence-corrected chi connectivity index (χ3v) is 3.59. The molecule has 0 saturated carbocycles. The van der Waals surface area contributed by atoms with E-state index in [9.17, 15) is 0 Å². The summed E-state index contributed by atoms with van der Waals surface area (Å²) in [6.07, 6.45) is 2.73. The molecule has 1 aromatic heterocycles. The van der Waals surface area contributed by atoms with E-state index in [1.54, 1.807) is 6.26 Å². The van der Waals surface area contributed by atoms with Gasteiger partial charge in [-0.25, -0.2) is 0 Å². The summed E-state index contributed by atoms with van der Waals surface area (Å²) in [4.78, 5) is 0.328. The maximum Gasteiger partial charge on any atom is 0.105 e. The quantitative estimate of drug-likeness (QED) is 0.750. The molecule has 0 aliphatic heterocycles. The summed E-state index contributed by atoms with van der Waals surface area (Å²) in [7, 11) is 0. The standard InChI is InChI=1S/C14H15BrO/c1-10-3-5-12(6-4-10)9-14(15)13-7-8-16-11(13)2/h3-8,14H,9H2,1-2H3. The largest absolute Gasteiger partial charge is 0.469 e. The fourth-order valence-electron chi connectivity index (χ4n) is 1.76. The van der Waals surface area contributed by atoms with Gasteiger partial charge in [0, 0.05) is 10.4 Å². The van der Waals surface area contributed by atoms with Crippen molar-refractivity contribution in [3.8, 4) is 0 Å². The van der Waals surface area contributed by atoms with Gasteiger partial charge in [0.15, 0.2) is 0 Å². The van der Waals surface area contributed by atoms with E-state index in [4.69, 9.17) is 4.42 Å².